The lowest BCUT2D eigenvalue weighted by atomic mass is 9.96. The molecule has 0 spiro atoms. The fourth-order valence-corrected chi connectivity index (χ4v) is 7.43. The van der Waals surface area contributed by atoms with Crippen LogP contribution in [0, 0.1) is 11.3 Å². The van der Waals surface area contributed by atoms with E-state index in [9.17, 15) is 5.26 Å². The number of aromatic nitrogens is 3. The van der Waals surface area contributed by atoms with Gasteiger partial charge in [0.15, 0.2) is 17.5 Å². The van der Waals surface area contributed by atoms with Crippen LogP contribution in [0.25, 0.3) is 100 Å². The lowest BCUT2D eigenvalue weighted by molar-refractivity contribution is 0.669. The molecule has 0 radical (unpaired) electrons. The smallest absolute Gasteiger partial charge is 0.164 e. The highest BCUT2D eigenvalue weighted by Gasteiger charge is 2.18. The molecule has 0 bridgehead atoms. The summed E-state index contributed by atoms with van der Waals surface area (Å²) in [5.74, 6) is 1.64. The average molecular weight is 703 g/mol. The lowest BCUT2D eigenvalue weighted by Gasteiger charge is -2.11. The number of rotatable bonds is 6. The first kappa shape index (κ1) is 32.0. The highest BCUT2D eigenvalue weighted by molar-refractivity contribution is 6.13. The van der Waals surface area contributed by atoms with Gasteiger partial charge in [-0.05, 0) is 80.6 Å². The van der Waals surface area contributed by atoms with Crippen molar-refractivity contribution in [2.24, 2.45) is 0 Å². The summed E-state index contributed by atoms with van der Waals surface area (Å²) in [6, 6.07) is 64.1. The van der Waals surface area contributed by atoms with Crippen molar-refractivity contribution in [3.63, 3.8) is 0 Å². The molecule has 8 aromatic carbocycles. The lowest BCUT2D eigenvalue weighted by Crippen LogP contribution is -2.00. The normalized spacial score (nSPS) is 11.3. The standard InChI is InChI=1S/C50H30N4O/c51-31-41-14-6-7-17-42(41)37-15-8-16-38(29-37)48-52-49(39-25-22-33-12-4-5-13-36(33)28-39)54-50(53-48)40-26-27-44-46(30-40)55-45-19-9-18-43(47(44)45)35-23-20-34(21-24-35)32-10-2-1-3-11-32/h1-30H. The van der Waals surface area contributed by atoms with Gasteiger partial charge in [0.1, 0.15) is 11.2 Å². The molecule has 2 heterocycles. The summed E-state index contributed by atoms with van der Waals surface area (Å²) in [6.45, 7) is 0. The molecular weight excluding hydrogens is 673 g/mol. The van der Waals surface area contributed by atoms with Gasteiger partial charge in [-0.2, -0.15) is 5.26 Å². The highest BCUT2D eigenvalue weighted by Crippen LogP contribution is 2.39. The molecule has 0 aliphatic heterocycles. The van der Waals surface area contributed by atoms with Crippen molar-refractivity contribution in [2.75, 3.05) is 0 Å². The van der Waals surface area contributed by atoms with Crippen molar-refractivity contribution in [1.29, 1.82) is 5.26 Å². The monoisotopic (exact) mass is 702 g/mol. The molecule has 0 fully saturated rings. The topological polar surface area (TPSA) is 75.6 Å². The molecule has 55 heavy (non-hydrogen) atoms. The molecule has 2 aromatic heterocycles. The SMILES string of the molecule is N#Cc1ccccc1-c1cccc(-c2nc(-c3ccc4ccccc4c3)nc(-c3ccc4c(c3)oc3cccc(-c5ccc(-c6ccccc6)cc5)c34)n2)c1. The van der Waals surface area contributed by atoms with Gasteiger partial charge >= 0.3 is 0 Å². The predicted molar refractivity (Wildman–Crippen MR) is 222 cm³/mol. The molecular formula is C50H30N4O. The van der Waals surface area contributed by atoms with Crippen molar-refractivity contribution in [1.82, 2.24) is 15.0 Å². The summed E-state index contributed by atoms with van der Waals surface area (Å²) in [5, 5.41) is 14.2. The first-order valence-electron chi connectivity index (χ1n) is 18.2. The number of benzene rings is 8. The predicted octanol–water partition coefficient (Wildman–Crippen LogP) is 12.8. The van der Waals surface area contributed by atoms with Gasteiger partial charge < -0.3 is 4.42 Å². The van der Waals surface area contributed by atoms with Crippen LogP contribution < -0.4 is 0 Å². The summed E-state index contributed by atoms with van der Waals surface area (Å²) in [5.41, 5.74) is 11.1. The van der Waals surface area contributed by atoms with Crippen molar-refractivity contribution in [2.45, 2.75) is 0 Å². The van der Waals surface area contributed by atoms with Gasteiger partial charge in [0.2, 0.25) is 0 Å². The number of hydrogen-bond acceptors (Lipinski definition) is 5. The van der Waals surface area contributed by atoms with E-state index in [0.29, 0.717) is 23.0 Å². The van der Waals surface area contributed by atoms with E-state index in [1.165, 1.54) is 11.1 Å². The maximum absolute atomic E-state index is 9.82. The van der Waals surface area contributed by atoms with Gasteiger partial charge in [-0.25, -0.2) is 15.0 Å². The molecule has 5 heteroatoms. The fraction of sp³-hybridized carbons (Fsp3) is 0. The molecule has 0 N–H and O–H groups in total. The quantitative estimate of drug-likeness (QED) is 0.172. The minimum atomic E-state index is 0.537. The Balaban J connectivity index is 1.10. The summed E-state index contributed by atoms with van der Waals surface area (Å²) >= 11 is 0. The molecule has 10 rings (SSSR count). The van der Waals surface area contributed by atoms with Gasteiger partial charge in [0.25, 0.3) is 0 Å². The first-order valence-corrected chi connectivity index (χ1v) is 18.2. The first-order chi connectivity index (χ1) is 27.2. The molecule has 0 saturated heterocycles. The van der Waals surface area contributed by atoms with E-state index in [-0.39, 0.29) is 0 Å². The Labute approximate surface area is 317 Å². The van der Waals surface area contributed by atoms with Crippen LogP contribution in [-0.4, -0.2) is 15.0 Å². The fourth-order valence-electron chi connectivity index (χ4n) is 7.43. The van der Waals surface area contributed by atoms with Crippen LogP contribution in [0.15, 0.2) is 186 Å². The van der Waals surface area contributed by atoms with E-state index in [2.05, 4.69) is 103 Å². The third-order valence-corrected chi connectivity index (χ3v) is 10.2. The minimum Gasteiger partial charge on any atom is -0.456 e. The molecule has 0 amide bonds. The summed E-state index contributed by atoms with van der Waals surface area (Å²) < 4.78 is 6.54. The molecule has 0 saturated carbocycles. The Morgan fingerprint density at radius 1 is 0.382 bits per heavy atom. The van der Waals surface area contributed by atoms with E-state index in [4.69, 9.17) is 19.4 Å². The number of hydrogen-bond donors (Lipinski definition) is 0. The third-order valence-electron chi connectivity index (χ3n) is 10.2. The van der Waals surface area contributed by atoms with Crippen LogP contribution in [0.3, 0.4) is 0 Å². The van der Waals surface area contributed by atoms with E-state index < -0.39 is 0 Å². The molecule has 0 atom stereocenters. The van der Waals surface area contributed by atoms with Crippen molar-refractivity contribution in [3.8, 4) is 73.6 Å². The third kappa shape index (κ3) is 5.89. The van der Waals surface area contributed by atoms with Gasteiger partial charge in [0, 0.05) is 27.5 Å². The molecule has 0 aliphatic rings. The van der Waals surface area contributed by atoms with Crippen molar-refractivity contribution < 1.29 is 4.42 Å². The van der Waals surface area contributed by atoms with Crippen LogP contribution in [0.1, 0.15) is 5.56 Å². The second-order valence-electron chi connectivity index (χ2n) is 13.5. The number of fused-ring (bicyclic) bond motifs is 4. The zero-order valence-electron chi connectivity index (χ0n) is 29.5. The van der Waals surface area contributed by atoms with Gasteiger partial charge in [-0.1, -0.05) is 146 Å². The van der Waals surface area contributed by atoms with Gasteiger partial charge in [0.05, 0.1) is 11.6 Å². The Kier molecular flexibility index (Phi) is 7.79. The number of nitriles is 1. The second-order valence-corrected chi connectivity index (χ2v) is 13.5. The van der Waals surface area contributed by atoms with Crippen LogP contribution >= 0.6 is 0 Å². The summed E-state index contributed by atoms with van der Waals surface area (Å²) in [4.78, 5) is 15.2. The zero-order chi connectivity index (χ0) is 36.7. The largest absolute Gasteiger partial charge is 0.456 e. The zero-order valence-corrected chi connectivity index (χ0v) is 29.5. The van der Waals surface area contributed by atoms with Gasteiger partial charge in [-0.3, -0.25) is 0 Å². The number of nitrogens with zero attached hydrogens (tertiary/aromatic N) is 4. The average Bonchev–Trinajstić information content (AvgIpc) is 3.65. The minimum absolute atomic E-state index is 0.537. The Morgan fingerprint density at radius 2 is 0.945 bits per heavy atom. The van der Waals surface area contributed by atoms with Crippen LogP contribution in [-0.2, 0) is 0 Å². The molecule has 5 nitrogen and oxygen atoms in total. The van der Waals surface area contributed by atoms with Crippen LogP contribution in [0.4, 0.5) is 0 Å². The van der Waals surface area contributed by atoms with Crippen molar-refractivity contribution in [3.05, 3.63) is 188 Å². The summed E-state index contributed by atoms with van der Waals surface area (Å²) in [6.07, 6.45) is 0. The molecule has 10 aromatic rings. The second kappa shape index (κ2) is 13.4. The van der Waals surface area contributed by atoms with Crippen molar-refractivity contribution >= 4 is 32.7 Å². The summed E-state index contributed by atoms with van der Waals surface area (Å²) in [7, 11) is 0. The van der Waals surface area contributed by atoms with Crippen LogP contribution in [0.5, 0.6) is 0 Å². The Morgan fingerprint density at radius 3 is 1.75 bits per heavy atom. The Hall–Kier alpha value is -7.68. The van der Waals surface area contributed by atoms with Gasteiger partial charge in [-0.15, -0.1) is 0 Å². The molecule has 256 valence electrons. The van der Waals surface area contributed by atoms with Crippen LogP contribution in [0.2, 0.25) is 0 Å². The highest BCUT2D eigenvalue weighted by atomic mass is 16.3. The maximum Gasteiger partial charge on any atom is 0.164 e. The van der Waals surface area contributed by atoms with E-state index in [0.717, 1.165) is 71.7 Å². The number of furan rings is 1. The maximum atomic E-state index is 9.82. The Bertz CT molecular complexity index is 3100. The van der Waals surface area contributed by atoms with E-state index in [1.807, 2.05) is 84.9 Å². The van der Waals surface area contributed by atoms with E-state index in [1.54, 1.807) is 0 Å². The van der Waals surface area contributed by atoms with E-state index >= 15 is 0 Å². The molecule has 0 aliphatic carbocycles. The molecule has 0 unspecified atom stereocenters.